The zero-order valence-corrected chi connectivity index (χ0v) is 14.0. The monoisotopic (exact) mass is 335 g/mol. The first kappa shape index (κ1) is 15.4. The molecule has 3 rings (SSSR count). The molecule has 0 aliphatic heterocycles. The maximum absolute atomic E-state index is 12.4. The smallest absolute Gasteiger partial charge is 0.231 e. The van der Waals surface area contributed by atoms with Crippen molar-refractivity contribution in [1.29, 1.82) is 0 Å². The van der Waals surface area contributed by atoms with E-state index in [-0.39, 0.29) is 11.8 Å². The van der Waals surface area contributed by atoms with Crippen LogP contribution in [0.4, 0.5) is 5.13 Å². The van der Waals surface area contributed by atoms with Crippen molar-refractivity contribution in [1.82, 2.24) is 10.2 Å². The molecule has 0 unspecified atom stereocenters. The number of rotatable bonds is 6. The van der Waals surface area contributed by atoms with Crippen LogP contribution in [-0.2, 0) is 4.79 Å². The molecule has 1 heterocycles. The van der Waals surface area contributed by atoms with Gasteiger partial charge < -0.3 is 0 Å². The van der Waals surface area contributed by atoms with E-state index in [2.05, 4.69) is 17.1 Å². The lowest BCUT2D eigenvalue weighted by molar-refractivity contribution is -0.119. The first-order chi connectivity index (χ1) is 10.7. The molecule has 0 spiro atoms. The van der Waals surface area contributed by atoms with E-state index in [1.807, 2.05) is 29.2 Å². The number of benzene rings is 1. The summed E-state index contributed by atoms with van der Waals surface area (Å²) in [7, 11) is 0. The molecule has 0 N–H and O–H groups in total. The Morgan fingerprint density at radius 2 is 2.05 bits per heavy atom. The molecule has 1 aliphatic carbocycles. The van der Waals surface area contributed by atoms with Crippen LogP contribution in [0.2, 0.25) is 5.02 Å². The largest absolute Gasteiger partial charge is 0.286 e. The van der Waals surface area contributed by atoms with Gasteiger partial charge >= 0.3 is 0 Å². The maximum atomic E-state index is 12.4. The second-order valence-electron chi connectivity index (χ2n) is 5.51. The highest BCUT2D eigenvalue weighted by Gasteiger charge is 2.35. The summed E-state index contributed by atoms with van der Waals surface area (Å²) in [6.07, 6.45) is 4.04. The Hall–Kier alpha value is -1.46. The molecule has 1 amide bonds. The van der Waals surface area contributed by atoms with Gasteiger partial charge in [-0.1, -0.05) is 48.4 Å². The summed E-state index contributed by atoms with van der Waals surface area (Å²) < 4.78 is 0. The molecule has 1 saturated carbocycles. The SMILES string of the molecule is CCCCN(C(=O)C1CC1)c1nnc(-c2ccc(Cl)cc2)s1. The quantitative estimate of drug-likeness (QED) is 0.786. The first-order valence-corrected chi connectivity index (χ1v) is 8.79. The van der Waals surface area contributed by atoms with Crippen LogP contribution in [0.1, 0.15) is 32.6 Å². The van der Waals surface area contributed by atoms with Gasteiger partial charge in [-0.25, -0.2) is 0 Å². The van der Waals surface area contributed by atoms with Gasteiger partial charge in [0.15, 0.2) is 0 Å². The van der Waals surface area contributed by atoms with Crippen LogP contribution in [0.3, 0.4) is 0 Å². The molecule has 1 aromatic heterocycles. The van der Waals surface area contributed by atoms with Crippen LogP contribution in [-0.4, -0.2) is 22.6 Å². The summed E-state index contributed by atoms with van der Waals surface area (Å²) in [6, 6.07) is 7.52. The van der Waals surface area contributed by atoms with Gasteiger partial charge in [0.2, 0.25) is 11.0 Å². The number of hydrogen-bond donors (Lipinski definition) is 0. The standard InChI is InChI=1S/C16H18ClN3OS/c1-2-3-10-20(15(21)12-4-5-12)16-19-18-14(22-16)11-6-8-13(17)9-7-11/h6-9,12H,2-5,10H2,1H3. The molecule has 6 heteroatoms. The van der Waals surface area contributed by atoms with E-state index in [1.165, 1.54) is 11.3 Å². The topological polar surface area (TPSA) is 46.1 Å². The number of amides is 1. The molecule has 1 aromatic carbocycles. The third-order valence-electron chi connectivity index (χ3n) is 3.66. The van der Waals surface area contributed by atoms with Gasteiger partial charge in [-0.05, 0) is 31.4 Å². The molecule has 0 bridgehead atoms. The van der Waals surface area contributed by atoms with Gasteiger partial charge in [-0.3, -0.25) is 9.69 Å². The van der Waals surface area contributed by atoms with Crippen LogP contribution >= 0.6 is 22.9 Å². The minimum atomic E-state index is 0.194. The third kappa shape index (κ3) is 3.47. The summed E-state index contributed by atoms with van der Waals surface area (Å²) in [5.41, 5.74) is 0.975. The minimum absolute atomic E-state index is 0.194. The molecular weight excluding hydrogens is 318 g/mol. The fraction of sp³-hybridized carbons (Fsp3) is 0.438. The second kappa shape index (κ2) is 6.75. The summed E-state index contributed by atoms with van der Waals surface area (Å²) in [4.78, 5) is 14.3. The normalized spacial score (nSPS) is 14.1. The van der Waals surface area contributed by atoms with E-state index in [9.17, 15) is 4.79 Å². The van der Waals surface area contributed by atoms with Crippen molar-refractivity contribution in [3.63, 3.8) is 0 Å². The highest BCUT2D eigenvalue weighted by Crippen LogP contribution is 2.35. The second-order valence-corrected chi connectivity index (χ2v) is 6.91. The number of carbonyl (C=O) groups excluding carboxylic acids is 1. The first-order valence-electron chi connectivity index (χ1n) is 7.60. The van der Waals surface area contributed by atoms with E-state index < -0.39 is 0 Å². The van der Waals surface area contributed by atoms with E-state index in [0.717, 1.165) is 42.8 Å². The Morgan fingerprint density at radius 1 is 1.32 bits per heavy atom. The highest BCUT2D eigenvalue weighted by atomic mass is 35.5. The van der Waals surface area contributed by atoms with Crippen molar-refractivity contribution in [3.05, 3.63) is 29.3 Å². The summed E-state index contributed by atoms with van der Waals surface area (Å²) >= 11 is 7.37. The molecule has 1 fully saturated rings. The van der Waals surface area contributed by atoms with Crippen molar-refractivity contribution in [2.75, 3.05) is 11.4 Å². The van der Waals surface area contributed by atoms with E-state index in [1.54, 1.807) is 0 Å². The van der Waals surface area contributed by atoms with Crippen LogP contribution in [0.5, 0.6) is 0 Å². The lowest BCUT2D eigenvalue weighted by Crippen LogP contribution is -2.33. The number of hydrogen-bond acceptors (Lipinski definition) is 4. The predicted octanol–water partition coefficient (Wildman–Crippen LogP) is 4.40. The molecule has 2 aromatic rings. The Balaban J connectivity index is 1.82. The highest BCUT2D eigenvalue weighted by molar-refractivity contribution is 7.18. The Kier molecular flexibility index (Phi) is 4.74. The lowest BCUT2D eigenvalue weighted by Gasteiger charge is -2.18. The molecule has 0 atom stereocenters. The van der Waals surface area contributed by atoms with Crippen molar-refractivity contribution in [2.45, 2.75) is 32.6 Å². The average molecular weight is 336 g/mol. The Bertz CT molecular complexity index is 652. The van der Waals surface area contributed by atoms with Crippen LogP contribution in [0, 0.1) is 5.92 Å². The minimum Gasteiger partial charge on any atom is -0.286 e. The van der Waals surface area contributed by atoms with Crippen LogP contribution in [0.25, 0.3) is 10.6 Å². The summed E-state index contributed by atoms with van der Waals surface area (Å²) in [6.45, 7) is 2.85. The van der Waals surface area contributed by atoms with E-state index in [0.29, 0.717) is 10.2 Å². The van der Waals surface area contributed by atoms with Crippen LogP contribution in [0.15, 0.2) is 24.3 Å². The fourth-order valence-electron chi connectivity index (χ4n) is 2.20. The molecule has 116 valence electrons. The number of anilines is 1. The van der Waals surface area contributed by atoms with Crippen molar-refractivity contribution >= 4 is 34.0 Å². The van der Waals surface area contributed by atoms with Gasteiger partial charge in [0, 0.05) is 23.0 Å². The number of nitrogens with zero attached hydrogens (tertiary/aromatic N) is 3. The van der Waals surface area contributed by atoms with E-state index in [4.69, 9.17) is 11.6 Å². The molecule has 4 nitrogen and oxygen atoms in total. The summed E-state index contributed by atoms with van der Waals surface area (Å²) in [5.74, 6) is 0.395. The van der Waals surface area contributed by atoms with E-state index >= 15 is 0 Å². The number of halogens is 1. The van der Waals surface area contributed by atoms with Crippen LogP contribution < -0.4 is 4.90 Å². The molecule has 1 aliphatic rings. The predicted molar refractivity (Wildman–Crippen MR) is 90.3 cm³/mol. The zero-order valence-electron chi connectivity index (χ0n) is 12.5. The van der Waals surface area contributed by atoms with Gasteiger partial charge in [-0.2, -0.15) is 0 Å². The summed E-state index contributed by atoms with van der Waals surface area (Å²) in [5, 5.41) is 10.7. The number of aromatic nitrogens is 2. The van der Waals surface area contributed by atoms with Gasteiger partial charge in [0.25, 0.3) is 0 Å². The molecule has 0 radical (unpaired) electrons. The molecule has 22 heavy (non-hydrogen) atoms. The number of unbranched alkanes of at least 4 members (excludes halogenated alkanes) is 1. The third-order valence-corrected chi connectivity index (χ3v) is 4.91. The maximum Gasteiger partial charge on any atom is 0.231 e. The fourth-order valence-corrected chi connectivity index (χ4v) is 3.21. The Morgan fingerprint density at radius 3 is 2.68 bits per heavy atom. The lowest BCUT2D eigenvalue weighted by atomic mass is 10.2. The van der Waals surface area contributed by atoms with Crippen molar-refractivity contribution in [3.8, 4) is 10.6 Å². The average Bonchev–Trinajstić information content (AvgIpc) is 3.27. The van der Waals surface area contributed by atoms with Gasteiger partial charge in [0.05, 0.1) is 0 Å². The van der Waals surface area contributed by atoms with Crippen molar-refractivity contribution in [2.24, 2.45) is 5.92 Å². The zero-order chi connectivity index (χ0) is 15.5. The Labute approximate surface area is 139 Å². The number of carbonyl (C=O) groups is 1. The molecule has 0 saturated heterocycles. The van der Waals surface area contributed by atoms with Crippen molar-refractivity contribution < 1.29 is 4.79 Å². The molecular formula is C16H18ClN3OS. The van der Waals surface area contributed by atoms with Gasteiger partial charge in [0.1, 0.15) is 5.01 Å². The van der Waals surface area contributed by atoms with Gasteiger partial charge in [-0.15, -0.1) is 10.2 Å².